The first kappa shape index (κ1) is 14.4. The molecule has 1 amide bonds. The van der Waals surface area contributed by atoms with Gasteiger partial charge in [0.15, 0.2) is 5.96 Å². The third-order valence-electron chi connectivity index (χ3n) is 4.22. The Bertz CT molecular complexity index is 554. The molecule has 2 aliphatic rings. The van der Waals surface area contributed by atoms with E-state index in [4.69, 9.17) is 0 Å². The van der Waals surface area contributed by atoms with Gasteiger partial charge in [0.05, 0.1) is 6.54 Å². The average molecular weight is 306 g/mol. The number of hydrogen-bond acceptors (Lipinski definition) is 3. The van der Waals surface area contributed by atoms with Crippen molar-refractivity contribution < 1.29 is 4.79 Å². The number of hydrogen-bond donors (Lipinski definition) is 2. The van der Waals surface area contributed by atoms with E-state index < -0.39 is 0 Å². The maximum Gasteiger partial charge on any atom is 0.242 e. The Labute approximate surface area is 129 Å². The molecule has 0 radical (unpaired) electrons. The van der Waals surface area contributed by atoms with Crippen molar-refractivity contribution in [2.45, 2.75) is 32.4 Å². The van der Waals surface area contributed by atoms with Gasteiger partial charge in [0.2, 0.25) is 5.91 Å². The smallest absolute Gasteiger partial charge is 0.242 e. The van der Waals surface area contributed by atoms with Gasteiger partial charge in [-0.05, 0) is 35.8 Å². The average Bonchev–Trinajstić information content (AvgIpc) is 3.00. The van der Waals surface area contributed by atoms with Crippen LogP contribution in [0.3, 0.4) is 0 Å². The normalized spacial score (nSPS) is 24.5. The Balaban J connectivity index is 1.48. The molecule has 2 atom stereocenters. The zero-order valence-corrected chi connectivity index (χ0v) is 13.4. The van der Waals surface area contributed by atoms with Crippen LogP contribution in [0.2, 0.25) is 0 Å². The second-order valence-corrected chi connectivity index (χ2v) is 6.82. The molecular weight excluding hydrogens is 284 g/mol. The maximum absolute atomic E-state index is 12.3. The van der Waals surface area contributed by atoms with Crippen molar-refractivity contribution in [2.75, 3.05) is 20.1 Å². The third-order valence-corrected chi connectivity index (χ3v) is 5.25. The standard InChI is InChI=1S/C15H22N4OS/c1-10-7-12(10)18-15(16-2)17-8-14(20)19-5-3-13-11(9-19)4-6-21-13/h4,6,10,12H,3,5,7-9H2,1-2H3,(H2,16,17,18). The number of aliphatic imine (C=N–C) groups is 1. The van der Waals surface area contributed by atoms with Gasteiger partial charge in [0, 0.05) is 31.1 Å². The molecule has 1 aliphatic heterocycles. The Morgan fingerprint density at radius 1 is 1.57 bits per heavy atom. The van der Waals surface area contributed by atoms with Gasteiger partial charge < -0.3 is 15.5 Å². The predicted octanol–water partition coefficient (Wildman–Crippen LogP) is 1.21. The zero-order chi connectivity index (χ0) is 14.8. The minimum atomic E-state index is 0.138. The van der Waals surface area contributed by atoms with E-state index in [1.54, 1.807) is 18.4 Å². The number of thiophene rings is 1. The van der Waals surface area contributed by atoms with E-state index in [0.717, 1.165) is 25.5 Å². The molecule has 1 aromatic heterocycles. The summed E-state index contributed by atoms with van der Waals surface area (Å²) >= 11 is 1.79. The number of nitrogens with zero attached hydrogens (tertiary/aromatic N) is 2. The molecule has 114 valence electrons. The molecule has 21 heavy (non-hydrogen) atoms. The molecular formula is C15H22N4OS. The van der Waals surface area contributed by atoms with E-state index in [9.17, 15) is 4.79 Å². The summed E-state index contributed by atoms with van der Waals surface area (Å²) in [5.74, 6) is 1.57. The molecule has 0 bridgehead atoms. The van der Waals surface area contributed by atoms with Gasteiger partial charge in [-0.15, -0.1) is 11.3 Å². The van der Waals surface area contributed by atoms with Gasteiger partial charge in [-0.1, -0.05) is 6.92 Å². The van der Waals surface area contributed by atoms with E-state index >= 15 is 0 Å². The van der Waals surface area contributed by atoms with Gasteiger partial charge in [-0.2, -0.15) is 0 Å². The SMILES string of the molecule is CN=C(NCC(=O)N1CCc2sccc2C1)NC1CC1C. The van der Waals surface area contributed by atoms with Crippen molar-refractivity contribution in [1.29, 1.82) is 0 Å². The molecule has 1 fully saturated rings. The van der Waals surface area contributed by atoms with E-state index in [1.807, 2.05) is 4.90 Å². The molecule has 0 aromatic carbocycles. The van der Waals surface area contributed by atoms with Crippen LogP contribution in [0.15, 0.2) is 16.4 Å². The summed E-state index contributed by atoms with van der Waals surface area (Å²) < 4.78 is 0. The minimum Gasteiger partial charge on any atom is -0.353 e. The van der Waals surface area contributed by atoms with Crippen LogP contribution in [0.5, 0.6) is 0 Å². The molecule has 2 unspecified atom stereocenters. The lowest BCUT2D eigenvalue weighted by atomic mass is 10.1. The number of fused-ring (bicyclic) bond motifs is 1. The van der Waals surface area contributed by atoms with Gasteiger partial charge in [0.25, 0.3) is 0 Å². The Hall–Kier alpha value is -1.56. The van der Waals surface area contributed by atoms with E-state index in [-0.39, 0.29) is 5.91 Å². The number of amides is 1. The quantitative estimate of drug-likeness (QED) is 0.652. The van der Waals surface area contributed by atoms with Crippen LogP contribution >= 0.6 is 11.3 Å². The molecule has 0 saturated heterocycles. The summed E-state index contributed by atoms with van der Waals surface area (Å²) in [6.45, 7) is 4.08. The Kier molecular flexibility index (Phi) is 4.14. The summed E-state index contributed by atoms with van der Waals surface area (Å²) in [5.41, 5.74) is 1.30. The van der Waals surface area contributed by atoms with Crippen LogP contribution in [-0.4, -0.2) is 42.9 Å². The van der Waals surface area contributed by atoms with Gasteiger partial charge >= 0.3 is 0 Å². The van der Waals surface area contributed by atoms with E-state index in [1.165, 1.54) is 16.9 Å². The number of carbonyl (C=O) groups excluding carboxylic acids is 1. The first-order valence-corrected chi connectivity index (χ1v) is 8.35. The molecule has 6 heteroatoms. The van der Waals surface area contributed by atoms with Crippen molar-refractivity contribution in [3.8, 4) is 0 Å². The highest BCUT2D eigenvalue weighted by Crippen LogP contribution is 2.28. The zero-order valence-electron chi connectivity index (χ0n) is 12.6. The highest BCUT2D eigenvalue weighted by atomic mass is 32.1. The predicted molar refractivity (Wildman–Crippen MR) is 85.5 cm³/mol. The Morgan fingerprint density at radius 3 is 3.10 bits per heavy atom. The van der Waals surface area contributed by atoms with Crippen LogP contribution in [0.1, 0.15) is 23.8 Å². The van der Waals surface area contributed by atoms with Crippen LogP contribution in [-0.2, 0) is 17.8 Å². The fraction of sp³-hybridized carbons (Fsp3) is 0.600. The van der Waals surface area contributed by atoms with E-state index in [0.29, 0.717) is 18.5 Å². The van der Waals surface area contributed by atoms with Crippen molar-refractivity contribution >= 4 is 23.2 Å². The molecule has 2 heterocycles. The largest absolute Gasteiger partial charge is 0.353 e. The van der Waals surface area contributed by atoms with Crippen LogP contribution in [0.25, 0.3) is 0 Å². The first-order chi connectivity index (χ1) is 10.2. The summed E-state index contributed by atoms with van der Waals surface area (Å²) in [4.78, 5) is 19.8. The summed E-state index contributed by atoms with van der Waals surface area (Å²) in [5, 5.41) is 8.57. The Morgan fingerprint density at radius 2 is 2.38 bits per heavy atom. The molecule has 3 rings (SSSR count). The highest BCUT2D eigenvalue weighted by Gasteiger charge is 2.33. The lowest BCUT2D eigenvalue weighted by Crippen LogP contribution is -2.46. The minimum absolute atomic E-state index is 0.138. The summed E-state index contributed by atoms with van der Waals surface area (Å²) in [6, 6.07) is 2.64. The van der Waals surface area contributed by atoms with Gasteiger partial charge in [-0.3, -0.25) is 9.79 Å². The number of carbonyl (C=O) groups is 1. The number of rotatable bonds is 3. The number of guanidine groups is 1. The van der Waals surface area contributed by atoms with Crippen LogP contribution in [0, 0.1) is 5.92 Å². The van der Waals surface area contributed by atoms with Crippen LogP contribution in [0.4, 0.5) is 0 Å². The maximum atomic E-state index is 12.3. The lowest BCUT2D eigenvalue weighted by molar-refractivity contribution is -0.130. The lowest BCUT2D eigenvalue weighted by Gasteiger charge is -2.27. The fourth-order valence-corrected chi connectivity index (χ4v) is 3.52. The third kappa shape index (κ3) is 3.37. The molecule has 1 saturated carbocycles. The fourth-order valence-electron chi connectivity index (χ4n) is 2.63. The molecule has 1 aromatic rings. The van der Waals surface area contributed by atoms with Gasteiger partial charge in [-0.25, -0.2) is 0 Å². The first-order valence-electron chi connectivity index (χ1n) is 7.47. The second-order valence-electron chi connectivity index (χ2n) is 5.82. The highest BCUT2D eigenvalue weighted by molar-refractivity contribution is 7.10. The van der Waals surface area contributed by atoms with Gasteiger partial charge in [0.1, 0.15) is 0 Å². The van der Waals surface area contributed by atoms with Crippen LogP contribution < -0.4 is 10.6 Å². The van der Waals surface area contributed by atoms with Crippen molar-refractivity contribution in [3.05, 3.63) is 21.9 Å². The second kappa shape index (κ2) is 6.05. The molecule has 0 spiro atoms. The van der Waals surface area contributed by atoms with Crippen molar-refractivity contribution in [3.63, 3.8) is 0 Å². The topological polar surface area (TPSA) is 56.7 Å². The summed E-state index contributed by atoms with van der Waals surface area (Å²) in [6.07, 6.45) is 2.16. The van der Waals surface area contributed by atoms with E-state index in [2.05, 4.69) is 34.0 Å². The summed E-state index contributed by atoms with van der Waals surface area (Å²) in [7, 11) is 1.74. The number of nitrogens with one attached hydrogen (secondary N) is 2. The molecule has 2 N–H and O–H groups in total. The van der Waals surface area contributed by atoms with Crippen molar-refractivity contribution in [2.24, 2.45) is 10.9 Å². The molecule has 1 aliphatic carbocycles. The molecule has 5 nitrogen and oxygen atoms in total. The van der Waals surface area contributed by atoms with Crippen molar-refractivity contribution in [1.82, 2.24) is 15.5 Å². The monoisotopic (exact) mass is 306 g/mol.